The molecule has 1 aromatic rings. The first-order valence-corrected chi connectivity index (χ1v) is 5.58. The van der Waals surface area contributed by atoms with E-state index in [9.17, 15) is 18.0 Å². The van der Waals surface area contributed by atoms with Gasteiger partial charge in [-0.15, -0.1) is 0 Å². The number of carboxylic acids is 1. The number of halogens is 4. The molecule has 1 rings (SSSR count). The number of carbonyl (C=O) groups is 1. The molecule has 0 radical (unpaired) electrons. The van der Waals surface area contributed by atoms with E-state index < -0.39 is 23.2 Å². The molecular weight excluding hydrogens is 323 g/mol. The molecule has 0 aliphatic rings. The molecule has 0 amide bonds. The Kier molecular flexibility index (Phi) is 4.06. The number of aromatic carboxylic acids is 1. The van der Waals surface area contributed by atoms with E-state index in [1.54, 1.807) is 0 Å². The molecule has 0 bridgehead atoms. The Balaban J connectivity index is 3.30. The van der Waals surface area contributed by atoms with Crippen molar-refractivity contribution in [1.29, 1.82) is 5.26 Å². The second-order valence-corrected chi connectivity index (χ2v) is 4.75. The van der Waals surface area contributed by atoms with Crippen molar-refractivity contribution in [2.45, 2.75) is 10.4 Å². The summed E-state index contributed by atoms with van der Waals surface area (Å²) in [4.78, 5) is 10.4. The maximum Gasteiger partial charge on any atom is 0.446 e. The molecule has 0 saturated heterocycles. The molecule has 0 aliphatic heterocycles. The van der Waals surface area contributed by atoms with Crippen molar-refractivity contribution >= 4 is 33.7 Å². The van der Waals surface area contributed by atoms with Gasteiger partial charge in [0, 0.05) is 9.37 Å². The van der Waals surface area contributed by atoms with Gasteiger partial charge in [0.1, 0.15) is 6.07 Å². The van der Waals surface area contributed by atoms with Crippen LogP contribution in [0.3, 0.4) is 0 Å². The number of carboxylic acid groups (broad SMARTS) is 1. The lowest BCUT2D eigenvalue weighted by Crippen LogP contribution is -2.03. The molecule has 0 aromatic heterocycles. The van der Waals surface area contributed by atoms with Crippen LogP contribution < -0.4 is 0 Å². The average molecular weight is 326 g/mol. The van der Waals surface area contributed by atoms with Crippen LogP contribution in [0.1, 0.15) is 15.9 Å². The fraction of sp³-hybridized carbons (Fsp3) is 0.111. The minimum absolute atomic E-state index is 0.00394. The maximum absolute atomic E-state index is 12.2. The van der Waals surface area contributed by atoms with Gasteiger partial charge in [0.25, 0.3) is 0 Å². The Labute approximate surface area is 106 Å². The van der Waals surface area contributed by atoms with Gasteiger partial charge >= 0.3 is 11.5 Å². The Hall–Kier alpha value is -1.20. The zero-order valence-corrected chi connectivity index (χ0v) is 10.3. The standard InChI is InChI=1S/C9H3BrF3NO2S/c10-6-2-7(17-9(11,12)13)4(3-14)1-5(6)8(15)16/h1-2H,(H,15,16). The summed E-state index contributed by atoms with van der Waals surface area (Å²) in [6, 6.07) is 3.41. The summed E-state index contributed by atoms with van der Waals surface area (Å²) >= 11 is 2.39. The van der Waals surface area contributed by atoms with Crippen LogP contribution in [-0.2, 0) is 0 Å². The second kappa shape index (κ2) is 4.98. The number of nitriles is 1. The van der Waals surface area contributed by atoms with Crippen molar-refractivity contribution < 1.29 is 23.1 Å². The zero-order chi connectivity index (χ0) is 13.2. The maximum atomic E-state index is 12.2. The van der Waals surface area contributed by atoms with Crippen molar-refractivity contribution in [3.63, 3.8) is 0 Å². The number of benzene rings is 1. The van der Waals surface area contributed by atoms with Gasteiger partial charge < -0.3 is 5.11 Å². The van der Waals surface area contributed by atoms with Crippen molar-refractivity contribution in [1.82, 2.24) is 0 Å². The van der Waals surface area contributed by atoms with E-state index in [0.29, 0.717) is 0 Å². The third-order valence-electron chi connectivity index (χ3n) is 1.65. The molecule has 8 heteroatoms. The van der Waals surface area contributed by atoms with Gasteiger partial charge in [-0.2, -0.15) is 18.4 Å². The Morgan fingerprint density at radius 1 is 1.47 bits per heavy atom. The molecule has 1 N–H and O–H groups in total. The van der Waals surface area contributed by atoms with Crippen LogP contribution in [0.2, 0.25) is 0 Å². The summed E-state index contributed by atoms with van der Waals surface area (Å²) in [6.07, 6.45) is 0. The SMILES string of the molecule is N#Cc1cc(C(=O)O)c(Br)cc1SC(F)(F)F. The predicted molar refractivity (Wildman–Crippen MR) is 57.7 cm³/mol. The molecular formula is C9H3BrF3NO2S. The van der Waals surface area contributed by atoms with Crippen LogP contribution in [0.15, 0.2) is 21.5 Å². The van der Waals surface area contributed by atoms with Gasteiger partial charge in [-0.25, -0.2) is 4.79 Å². The fourth-order valence-corrected chi connectivity index (χ4v) is 2.32. The van der Waals surface area contributed by atoms with Crippen LogP contribution in [-0.4, -0.2) is 16.6 Å². The van der Waals surface area contributed by atoms with E-state index in [2.05, 4.69) is 15.9 Å². The molecule has 0 saturated carbocycles. The van der Waals surface area contributed by atoms with Crippen LogP contribution in [0.4, 0.5) is 13.2 Å². The zero-order valence-electron chi connectivity index (χ0n) is 7.88. The quantitative estimate of drug-likeness (QED) is 0.843. The predicted octanol–water partition coefficient (Wildman–Crippen LogP) is 3.63. The molecule has 3 nitrogen and oxygen atoms in total. The molecule has 0 atom stereocenters. The van der Waals surface area contributed by atoms with Crippen molar-refractivity contribution in [2.75, 3.05) is 0 Å². The van der Waals surface area contributed by atoms with Crippen LogP contribution in [0.25, 0.3) is 0 Å². The lowest BCUT2D eigenvalue weighted by molar-refractivity contribution is -0.0328. The summed E-state index contributed by atoms with van der Waals surface area (Å²) in [5, 5.41) is 17.4. The third-order valence-corrected chi connectivity index (χ3v) is 3.09. The van der Waals surface area contributed by atoms with Crippen LogP contribution in [0, 0.1) is 11.3 Å². The van der Waals surface area contributed by atoms with Gasteiger partial charge in [-0.3, -0.25) is 0 Å². The molecule has 0 fully saturated rings. The normalized spacial score (nSPS) is 11.0. The molecule has 0 heterocycles. The van der Waals surface area contributed by atoms with Crippen LogP contribution >= 0.6 is 27.7 Å². The lowest BCUT2D eigenvalue weighted by atomic mass is 10.1. The van der Waals surface area contributed by atoms with Gasteiger partial charge in [0.2, 0.25) is 0 Å². The topological polar surface area (TPSA) is 61.1 Å². The first-order valence-electron chi connectivity index (χ1n) is 3.97. The van der Waals surface area contributed by atoms with E-state index in [0.717, 1.165) is 12.1 Å². The number of rotatable bonds is 2. The number of alkyl halides is 3. The number of hydrogen-bond donors (Lipinski definition) is 1. The Bertz CT molecular complexity index is 510. The van der Waals surface area contributed by atoms with Crippen molar-refractivity contribution in [2.24, 2.45) is 0 Å². The lowest BCUT2D eigenvalue weighted by Gasteiger charge is -2.09. The number of thioether (sulfide) groups is 1. The van der Waals surface area contributed by atoms with E-state index in [-0.39, 0.29) is 20.5 Å². The highest BCUT2D eigenvalue weighted by Gasteiger charge is 2.31. The van der Waals surface area contributed by atoms with E-state index >= 15 is 0 Å². The van der Waals surface area contributed by atoms with E-state index in [1.165, 1.54) is 6.07 Å². The Morgan fingerprint density at radius 2 is 2.06 bits per heavy atom. The Morgan fingerprint density at radius 3 is 2.47 bits per heavy atom. The molecule has 0 unspecified atom stereocenters. The van der Waals surface area contributed by atoms with Gasteiger partial charge in [0.15, 0.2) is 0 Å². The monoisotopic (exact) mass is 325 g/mol. The summed E-state index contributed by atoms with van der Waals surface area (Å²) < 4.78 is 36.5. The fourth-order valence-electron chi connectivity index (χ4n) is 1.02. The summed E-state index contributed by atoms with van der Waals surface area (Å²) in [6.45, 7) is 0. The van der Waals surface area contributed by atoms with Gasteiger partial charge in [-0.1, -0.05) is 0 Å². The molecule has 0 aliphatic carbocycles. The van der Waals surface area contributed by atoms with Crippen molar-refractivity contribution in [3.05, 3.63) is 27.7 Å². The summed E-state index contributed by atoms with van der Waals surface area (Å²) in [5.41, 5.74) is -5.11. The largest absolute Gasteiger partial charge is 0.478 e. The smallest absolute Gasteiger partial charge is 0.446 e. The highest BCUT2D eigenvalue weighted by molar-refractivity contribution is 9.10. The van der Waals surface area contributed by atoms with Gasteiger partial charge in [0.05, 0.1) is 11.1 Å². The first kappa shape index (κ1) is 13.9. The first-order chi connectivity index (χ1) is 7.74. The van der Waals surface area contributed by atoms with E-state index in [4.69, 9.17) is 10.4 Å². The van der Waals surface area contributed by atoms with Gasteiger partial charge in [-0.05, 0) is 39.8 Å². The average Bonchev–Trinajstić information content (AvgIpc) is 2.14. The molecule has 90 valence electrons. The molecule has 17 heavy (non-hydrogen) atoms. The third kappa shape index (κ3) is 3.64. The van der Waals surface area contributed by atoms with E-state index in [1.807, 2.05) is 0 Å². The molecule has 0 spiro atoms. The summed E-state index contributed by atoms with van der Waals surface area (Å²) in [5.74, 6) is -1.32. The highest BCUT2D eigenvalue weighted by atomic mass is 79.9. The highest BCUT2D eigenvalue weighted by Crippen LogP contribution is 2.40. The number of hydrogen-bond acceptors (Lipinski definition) is 3. The van der Waals surface area contributed by atoms with Crippen molar-refractivity contribution in [3.8, 4) is 6.07 Å². The molecule has 1 aromatic carbocycles. The minimum Gasteiger partial charge on any atom is -0.478 e. The second-order valence-electron chi connectivity index (χ2n) is 2.79. The van der Waals surface area contributed by atoms with Crippen LogP contribution in [0.5, 0.6) is 0 Å². The number of nitrogens with zero attached hydrogens (tertiary/aromatic N) is 1. The minimum atomic E-state index is -4.53. The summed E-state index contributed by atoms with van der Waals surface area (Å²) in [7, 11) is 0.